The Kier molecular flexibility index (Phi) is 52.5. The van der Waals surface area contributed by atoms with Crippen LogP contribution in [0.25, 0.3) is 0 Å². The fourth-order valence-corrected chi connectivity index (χ4v) is 47.0. The standard InChI is InChI=1S/C101H186N4O29Si6/c1-29-83(106)119-55-37-57-123-89(112)102-77-61-94(3,4)74-100(13,65-77)47-43-87(110)127-71-82(70-118-50-40-60-140(28,133-137(21,22)23)134-138(24,25)26)130-92(115)105-80-64-97(9,10)75-99(12,68-80)46-42-86(109)122-52-34-32-36-54-126-93(116)125-53-35-31-33-51-121-85(108)41-45-98(11)67-79(63-96(7,8)73-98)104-91(114)128-72-81(69-117-49-39-59-139(27,131-135(15,16)17)132-136(18,19)20)129-88(111)44-48-101(14)66-78(62-95(5,6)76-101)103-90(113)124-58-38-56-120-84(107)30-2/h29-30,77-82H,1-2,31-76H2,3-28H3,(H,102,112)(H,103,113)(H,104,114)(H,105,115). The van der Waals surface area contributed by atoms with E-state index in [1.165, 1.54) is 0 Å². The van der Waals surface area contributed by atoms with Gasteiger partial charge in [0.25, 0.3) is 0 Å². The highest BCUT2D eigenvalue weighted by atomic mass is 28.5. The van der Waals surface area contributed by atoms with Gasteiger partial charge in [-0.1, -0.05) is 96.2 Å². The zero-order valence-corrected chi connectivity index (χ0v) is 96.9. The van der Waals surface area contributed by atoms with Crippen molar-refractivity contribution < 1.29 is 136 Å². The second-order valence-corrected chi connectivity index (χ2v) is 74.4. The summed E-state index contributed by atoms with van der Waals surface area (Å²) in [6.45, 7) is 63.9. The molecule has 10 unspecified atom stereocenters. The van der Waals surface area contributed by atoms with E-state index in [1.54, 1.807) is 0 Å². The molecule has 33 nitrogen and oxygen atoms in total. The number of alkyl carbamates (subject to hydrolysis) is 4. The van der Waals surface area contributed by atoms with Gasteiger partial charge in [-0.25, -0.2) is 33.6 Å². The summed E-state index contributed by atoms with van der Waals surface area (Å²) in [5.74, 6) is -2.64. The maximum absolute atomic E-state index is 14.0. The first kappa shape index (κ1) is 126. The predicted molar refractivity (Wildman–Crippen MR) is 553 cm³/mol. The predicted octanol–water partition coefficient (Wildman–Crippen LogP) is 21.4. The van der Waals surface area contributed by atoms with Crippen molar-refractivity contribution in [3.63, 3.8) is 0 Å². The number of unbranched alkanes of at least 4 members (excludes halogenated alkanes) is 4. The minimum atomic E-state index is -2.56. The molecule has 0 saturated heterocycles. The fraction of sp³-hybridized carbons (Fsp3) is 0.851. The molecule has 0 bridgehead atoms. The summed E-state index contributed by atoms with van der Waals surface area (Å²) < 4.78 is 106. The van der Waals surface area contributed by atoms with Crippen LogP contribution in [0.3, 0.4) is 0 Å². The van der Waals surface area contributed by atoms with Gasteiger partial charge in [-0.2, -0.15) is 0 Å². The van der Waals surface area contributed by atoms with Crippen molar-refractivity contribution in [1.29, 1.82) is 0 Å². The summed E-state index contributed by atoms with van der Waals surface area (Å²) in [6.07, 6.45) is 13.6. The molecule has 4 aliphatic carbocycles. The van der Waals surface area contributed by atoms with Crippen LogP contribution in [0, 0.1) is 43.3 Å². The number of nitrogens with one attached hydrogen (secondary N) is 4. The minimum Gasteiger partial charge on any atom is -0.466 e. The van der Waals surface area contributed by atoms with Crippen LogP contribution >= 0.6 is 0 Å². The number of rotatable bonds is 64. The smallest absolute Gasteiger partial charge is 0.466 e. The molecule has 4 saturated carbocycles. The second-order valence-electron chi connectivity index (χ2n) is 48.7. The lowest BCUT2D eigenvalue weighted by molar-refractivity contribution is -0.156. The maximum Gasteiger partial charge on any atom is 0.508 e. The SMILES string of the molecule is C=CC(=O)OCCCOC(=O)NC1CC(C)(C)CC(C)(CCC(=O)OCC(COCCC[Si](C)(O[Si](C)(C)C)O[Si](C)(C)C)OC(=O)NC2CC(C)(C)CC(C)(CCC(=O)OCCCCCOC(=O)OCCCCCOC(=O)CCC3(C)CC(NC(=O)OCC(COCCC[Si](C)(O[Si](C)(C)C)O[Si](C)(C)C)OC(=O)CCC4(C)CC(NC(=O)OCCCOC(=O)C=C)CC(C)(C)C4)CC(C)(C)C3)C2)C1. The van der Waals surface area contributed by atoms with Gasteiger partial charge in [0.15, 0.2) is 45.5 Å². The van der Waals surface area contributed by atoms with Gasteiger partial charge in [0.05, 0.1) is 66.1 Å². The molecule has 4 rings (SSSR count). The van der Waals surface area contributed by atoms with Gasteiger partial charge in [0, 0.05) is 88.1 Å². The summed E-state index contributed by atoms with van der Waals surface area (Å²) >= 11 is 0. The summed E-state index contributed by atoms with van der Waals surface area (Å²) in [6, 6.07) is 0.461. The monoisotopic (exact) mass is 2090 g/mol. The van der Waals surface area contributed by atoms with Gasteiger partial charge in [0.1, 0.15) is 13.2 Å². The number of esters is 6. The van der Waals surface area contributed by atoms with E-state index in [4.69, 9.17) is 82.8 Å². The quantitative estimate of drug-likeness (QED) is 0.0144. The molecule has 0 radical (unpaired) electrons. The van der Waals surface area contributed by atoms with Crippen molar-refractivity contribution in [3.8, 4) is 0 Å². The van der Waals surface area contributed by atoms with Crippen molar-refractivity contribution >= 4 is 117 Å². The Bertz CT molecular complexity index is 3860. The summed E-state index contributed by atoms with van der Waals surface area (Å²) in [7, 11) is -12.9. The molecule has 0 aromatic carbocycles. The first-order valence-corrected chi connectivity index (χ1v) is 70.2. The Hall–Kier alpha value is -6.29. The topological polar surface area (TPSA) is 402 Å². The average molecular weight is 2090 g/mol. The van der Waals surface area contributed by atoms with E-state index >= 15 is 0 Å². The number of hydrogen-bond donors (Lipinski definition) is 4. The summed E-state index contributed by atoms with van der Waals surface area (Å²) in [4.78, 5) is 143. The molecule has 808 valence electrons. The Morgan fingerprint density at radius 2 is 0.564 bits per heavy atom. The molecule has 0 aliphatic heterocycles. The average Bonchev–Trinajstić information content (AvgIpc) is 0.802. The summed E-state index contributed by atoms with van der Waals surface area (Å²) in [5.41, 5.74) is -2.02. The third kappa shape index (κ3) is 57.6. The van der Waals surface area contributed by atoms with E-state index in [1.807, 2.05) is 0 Å². The number of ether oxygens (including phenoxy) is 14. The van der Waals surface area contributed by atoms with Crippen LogP contribution in [0.1, 0.15) is 276 Å². The minimum absolute atomic E-state index is 0.0135. The van der Waals surface area contributed by atoms with Gasteiger partial charge < -0.3 is 104 Å². The van der Waals surface area contributed by atoms with Crippen molar-refractivity contribution in [2.75, 3.05) is 92.5 Å². The van der Waals surface area contributed by atoms with Gasteiger partial charge in [-0.05, 0) is 301 Å². The first-order valence-electron chi connectivity index (χ1n) is 51.5. The molecule has 4 aliphatic rings. The molecular weight excluding hydrogens is 1900 g/mol. The van der Waals surface area contributed by atoms with E-state index in [0.29, 0.717) is 148 Å². The van der Waals surface area contributed by atoms with Crippen molar-refractivity contribution in [1.82, 2.24) is 21.3 Å². The van der Waals surface area contributed by atoms with E-state index in [0.717, 1.165) is 56.3 Å². The fourth-order valence-electron chi connectivity index (χ4n) is 22.0. The highest BCUT2D eigenvalue weighted by Gasteiger charge is 2.49. The molecule has 4 N–H and O–H groups in total. The Morgan fingerprint density at radius 3 is 0.886 bits per heavy atom. The van der Waals surface area contributed by atoms with E-state index in [2.05, 4.69) is 209 Å². The van der Waals surface area contributed by atoms with Crippen LogP contribution in [-0.4, -0.2) is 246 Å². The molecule has 0 aromatic rings. The lowest BCUT2D eigenvalue weighted by atomic mass is 9.61. The highest BCUT2D eigenvalue weighted by Crippen LogP contribution is 2.53. The van der Waals surface area contributed by atoms with Crippen LogP contribution in [-0.2, 0) is 112 Å². The van der Waals surface area contributed by atoms with E-state index in [-0.39, 0.29) is 184 Å². The Morgan fingerprint density at radius 1 is 0.293 bits per heavy atom. The Labute approximate surface area is 845 Å². The second kappa shape index (κ2) is 58.3. The first-order chi connectivity index (χ1) is 64.7. The van der Waals surface area contributed by atoms with Crippen LogP contribution in [0.15, 0.2) is 25.3 Å². The molecule has 4 fully saturated rings. The van der Waals surface area contributed by atoms with Gasteiger partial charge in [0.2, 0.25) is 0 Å². The number of carbonyl (C=O) groups is 11. The van der Waals surface area contributed by atoms with Gasteiger partial charge in [-0.15, -0.1) is 0 Å². The molecular formula is C101H186N4O29Si6. The molecule has 0 spiro atoms. The number of hydrogen-bond acceptors (Lipinski definition) is 29. The summed E-state index contributed by atoms with van der Waals surface area (Å²) in [5, 5.41) is 12.2. The van der Waals surface area contributed by atoms with E-state index < -0.39 is 117 Å². The maximum atomic E-state index is 14.0. The normalized spacial score (nSPS) is 22.8. The van der Waals surface area contributed by atoms with E-state index in [9.17, 15) is 52.7 Å². The lowest BCUT2D eigenvalue weighted by Gasteiger charge is -2.47. The molecule has 4 amide bonds. The van der Waals surface area contributed by atoms with Gasteiger partial charge >= 0.3 is 83.5 Å². The van der Waals surface area contributed by atoms with Crippen LogP contribution in [0.4, 0.5) is 24.0 Å². The molecule has 39 heteroatoms. The van der Waals surface area contributed by atoms with Crippen molar-refractivity contribution in [3.05, 3.63) is 25.3 Å². The third-order valence-electron chi connectivity index (χ3n) is 25.1. The zero-order valence-electron chi connectivity index (χ0n) is 90.9. The van der Waals surface area contributed by atoms with Crippen LogP contribution in [0.2, 0.25) is 104 Å². The molecule has 140 heavy (non-hydrogen) atoms. The van der Waals surface area contributed by atoms with Crippen LogP contribution < -0.4 is 21.3 Å². The van der Waals surface area contributed by atoms with Crippen molar-refractivity contribution in [2.24, 2.45) is 43.3 Å². The van der Waals surface area contributed by atoms with Crippen LogP contribution in [0.5, 0.6) is 0 Å². The third-order valence-corrected chi connectivity index (χ3v) is 44.4. The molecule has 0 heterocycles. The molecule has 0 aromatic heterocycles. The molecule has 10 atom stereocenters. The number of carbonyl (C=O) groups excluding carboxylic acids is 11. The zero-order chi connectivity index (χ0) is 105. The van der Waals surface area contributed by atoms with Gasteiger partial charge in [-0.3, -0.25) is 19.2 Å². The number of amides is 4. The van der Waals surface area contributed by atoms with Crippen molar-refractivity contribution in [2.45, 2.75) is 416 Å². The largest absolute Gasteiger partial charge is 0.508 e. The highest BCUT2D eigenvalue weighted by molar-refractivity contribution is 6.88. The Balaban J connectivity index is 1.18. The lowest BCUT2D eigenvalue weighted by Crippen LogP contribution is -2.52.